The fraction of sp³-hybridized carbons (Fsp3) is 0.333. The third-order valence-electron chi connectivity index (χ3n) is 4.38. The Morgan fingerprint density at radius 2 is 2.17 bits per heavy atom. The lowest BCUT2D eigenvalue weighted by molar-refractivity contribution is -0.139. The van der Waals surface area contributed by atoms with Crippen LogP contribution in [-0.4, -0.2) is 30.3 Å². The number of carbonyl (C=O) groups is 2. The quantitative estimate of drug-likeness (QED) is 0.798. The molecule has 2 heterocycles. The molecule has 1 aliphatic rings. The number of benzene rings is 1. The second-order valence-electron chi connectivity index (χ2n) is 5.99. The Morgan fingerprint density at radius 3 is 2.88 bits per heavy atom. The molecule has 0 radical (unpaired) electrons. The molecule has 1 atom stereocenters. The molecule has 0 bridgehead atoms. The largest absolute Gasteiger partial charge is 0.467 e. The van der Waals surface area contributed by atoms with E-state index in [1.54, 1.807) is 30.3 Å². The minimum absolute atomic E-state index is 0.170. The van der Waals surface area contributed by atoms with Gasteiger partial charge in [0.2, 0.25) is 11.8 Å². The lowest BCUT2D eigenvalue weighted by Crippen LogP contribution is -2.37. The lowest BCUT2D eigenvalue weighted by Gasteiger charge is -2.21. The fourth-order valence-corrected chi connectivity index (χ4v) is 3.19. The van der Waals surface area contributed by atoms with E-state index in [4.69, 9.17) is 16.0 Å². The van der Waals surface area contributed by atoms with Gasteiger partial charge in [0.05, 0.1) is 12.8 Å². The van der Waals surface area contributed by atoms with E-state index in [-0.39, 0.29) is 11.8 Å². The van der Waals surface area contributed by atoms with Crippen LogP contribution in [0.2, 0.25) is 5.02 Å². The summed E-state index contributed by atoms with van der Waals surface area (Å²) in [5, 5.41) is 0.616. The molecule has 2 aromatic rings. The van der Waals surface area contributed by atoms with Gasteiger partial charge in [0.1, 0.15) is 11.7 Å². The van der Waals surface area contributed by atoms with Crippen molar-refractivity contribution in [2.75, 3.05) is 18.5 Å². The summed E-state index contributed by atoms with van der Waals surface area (Å²) in [5.41, 5.74) is 1.63. The fourth-order valence-electron chi connectivity index (χ4n) is 3.02. The predicted molar refractivity (Wildman–Crippen MR) is 91.8 cm³/mol. The Balaban J connectivity index is 1.73. The maximum atomic E-state index is 12.7. The Kier molecular flexibility index (Phi) is 4.62. The van der Waals surface area contributed by atoms with Gasteiger partial charge in [-0.15, -0.1) is 0 Å². The van der Waals surface area contributed by atoms with Crippen LogP contribution >= 0.6 is 11.6 Å². The zero-order valence-electron chi connectivity index (χ0n) is 13.7. The predicted octanol–water partition coefficient (Wildman–Crippen LogP) is 3.25. The van der Waals surface area contributed by atoms with Gasteiger partial charge in [-0.25, -0.2) is 0 Å². The molecule has 5 nitrogen and oxygen atoms in total. The number of furan rings is 1. The highest BCUT2D eigenvalue weighted by atomic mass is 35.5. The van der Waals surface area contributed by atoms with Crippen LogP contribution in [0.1, 0.15) is 17.7 Å². The van der Waals surface area contributed by atoms with E-state index in [1.165, 1.54) is 4.90 Å². The molecule has 2 amide bonds. The van der Waals surface area contributed by atoms with Gasteiger partial charge in [0.15, 0.2) is 0 Å². The number of amides is 2. The van der Waals surface area contributed by atoms with Crippen molar-refractivity contribution in [2.24, 2.45) is 5.92 Å². The molecule has 3 rings (SSSR count). The molecule has 0 N–H and O–H groups in total. The monoisotopic (exact) mass is 346 g/mol. The van der Waals surface area contributed by atoms with Gasteiger partial charge >= 0.3 is 0 Å². The summed E-state index contributed by atoms with van der Waals surface area (Å²) >= 11 is 6.15. The maximum Gasteiger partial charge on any atom is 0.239 e. The molecule has 1 aliphatic heterocycles. The number of hydrogen-bond donors (Lipinski definition) is 0. The molecule has 6 heteroatoms. The summed E-state index contributed by atoms with van der Waals surface area (Å²) in [6, 6.07) is 9.05. The van der Waals surface area contributed by atoms with Crippen LogP contribution in [0.3, 0.4) is 0 Å². The van der Waals surface area contributed by atoms with Crippen LogP contribution in [-0.2, 0) is 16.1 Å². The van der Waals surface area contributed by atoms with Gasteiger partial charge < -0.3 is 14.2 Å². The highest BCUT2D eigenvalue weighted by Gasteiger charge is 2.39. The van der Waals surface area contributed by atoms with Crippen molar-refractivity contribution < 1.29 is 14.0 Å². The first-order chi connectivity index (χ1) is 11.5. The van der Waals surface area contributed by atoms with Crippen molar-refractivity contribution in [1.29, 1.82) is 0 Å². The summed E-state index contributed by atoms with van der Waals surface area (Å²) in [6.07, 6.45) is 2.07. The molecule has 1 saturated heterocycles. The molecule has 1 aromatic carbocycles. The van der Waals surface area contributed by atoms with Crippen molar-refractivity contribution in [3.8, 4) is 0 Å². The van der Waals surface area contributed by atoms with E-state index in [1.807, 2.05) is 25.1 Å². The smallest absolute Gasteiger partial charge is 0.239 e. The Labute approximate surface area is 145 Å². The van der Waals surface area contributed by atoms with Crippen LogP contribution in [0.5, 0.6) is 0 Å². The van der Waals surface area contributed by atoms with Gasteiger partial charge in [-0.05, 0) is 43.2 Å². The lowest BCUT2D eigenvalue weighted by atomic mass is 10.1. The molecule has 1 fully saturated rings. The second-order valence-corrected chi connectivity index (χ2v) is 6.40. The normalized spacial score (nSPS) is 17.4. The number of rotatable bonds is 4. The van der Waals surface area contributed by atoms with Crippen molar-refractivity contribution in [1.82, 2.24) is 4.90 Å². The van der Waals surface area contributed by atoms with Crippen LogP contribution in [0.4, 0.5) is 5.69 Å². The summed E-state index contributed by atoms with van der Waals surface area (Å²) in [7, 11) is 1.69. The van der Waals surface area contributed by atoms with E-state index in [9.17, 15) is 9.59 Å². The third-order valence-corrected chi connectivity index (χ3v) is 4.79. The topological polar surface area (TPSA) is 53.8 Å². The summed E-state index contributed by atoms with van der Waals surface area (Å²) < 4.78 is 5.26. The third kappa shape index (κ3) is 3.04. The molecule has 1 aromatic heterocycles. The first kappa shape index (κ1) is 16.6. The van der Waals surface area contributed by atoms with E-state index in [0.717, 1.165) is 11.3 Å². The summed E-state index contributed by atoms with van der Waals surface area (Å²) in [5.74, 6) is -0.308. The molecule has 126 valence electrons. The van der Waals surface area contributed by atoms with E-state index >= 15 is 0 Å². The van der Waals surface area contributed by atoms with Crippen molar-refractivity contribution in [2.45, 2.75) is 19.9 Å². The van der Waals surface area contributed by atoms with Gasteiger partial charge in [-0.2, -0.15) is 0 Å². The first-order valence-electron chi connectivity index (χ1n) is 7.83. The zero-order chi connectivity index (χ0) is 17.3. The van der Waals surface area contributed by atoms with Crippen LogP contribution in [0.25, 0.3) is 0 Å². The molecular formula is C18H19ClN2O3. The van der Waals surface area contributed by atoms with Crippen molar-refractivity contribution in [3.05, 3.63) is 52.9 Å². The zero-order valence-corrected chi connectivity index (χ0v) is 14.4. The minimum Gasteiger partial charge on any atom is -0.467 e. The van der Waals surface area contributed by atoms with Crippen LogP contribution in [0.15, 0.2) is 41.0 Å². The summed E-state index contributed by atoms with van der Waals surface area (Å²) in [6.45, 7) is 2.75. The molecular weight excluding hydrogens is 328 g/mol. The molecule has 0 saturated carbocycles. The van der Waals surface area contributed by atoms with Crippen molar-refractivity contribution >= 4 is 29.1 Å². The SMILES string of the molecule is Cc1c(Cl)cccc1N1CCC(C(=O)N(C)Cc2ccco2)C1=O. The standard InChI is InChI=1S/C18H19ClN2O3/c1-12-15(19)6-3-7-16(12)21-9-8-14(18(21)23)17(22)20(2)11-13-5-4-10-24-13/h3-7,10,14H,8-9,11H2,1-2H3. The Hall–Kier alpha value is -2.27. The first-order valence-corrected chi connectivity index (χ1v) is 8.20. The molecule has 0 aliphatic carbocycles. The number of hydrogen-bond acceptors (Lipinski definition) is 3. The molecule has 24 heavy (non-hydrogen) atoms. The second kappa shape index (κ2) is 6.69. The summed E-state index contributed by atoms with van der Waals surface area (Å²) in [4.78, 5) is 28.5. The van der Waals surface area contributed by atoms with Gasteiger partial charge in [0.25, 0.3) is 0 Å². The number of halogens is 1. The Morgan fingerprint density at radius 1 is 1.38 bits per heavy atom. The highest BCUT2D eigenvalue weighted by Crippen LogP contribution is 2.32. The van der Waals surface area contributed by atoms with Gasteiger partial charge in [0, 0.05) is 24.3 Å². The van der Waals surface area contributed by atoms with Gasteiger partial charge in [-0.3, -0.25) is 9.59 Å². The van der Waals surface area contributed by atoms with E-state index < -0.39 is 5.92 Å². The van der Waals surface area contributed by atoms with Gasteiger partial charge in [-0.1, -0.05) is 17.7 Å². The van der Waals surface area contributed by atoms with Crippen LogP contribution in [0, 0.1) is 12.8 Å². The minimum atomic E-state index is -0.650. The average molecular weight is 347 g/mol. The average Bonchev–Trinajstić information content (AvgIpc) is 3.19. The van der Waals surface area contributed by atoms with Crippen molar-refractivity contribution in [3.63, 3.8) is 0 Å². The molecule has 0 spiro atoms. The van der Waals surface area contributed by atoms with E-state index in [0.29, 0.717) is 30.3 Å². The van der Waals surface area contributed by atoms with E-state index in [2.05, 4.69) is 0 Å². The number of nitrogens with zero attached hydrogens (tertiary/aromatic N) is 2. The number of anilines is 1. The Bertz CT molecular complexity index is 758. The number of carbonyl (C=O) groups excluding carboxylic acids is 2. The molecule has 1 unspecified atom stereocenters. The maximum absolute atomic E-state index is 12.7. The van der Waals surface area contributed by atoms with Crippen LogP contribution < -0.4 is 4.90 Å². The highest BCUT2D eigenvalue weighted by molar-refractivity contribution is 6.31.